The van der Waals surface area contributed by atoms with Crippen LogP contribution in [0.2, 0.25) is 0 Å². The van der Waals surface area contributed by atoms with Gasteiger partial charge in [-0.1, -0.05) is 6.92 Å². The zero-order chi connectivity index (χ0) is 22.6. The summed E-state index contributed by atoms with van der Waals surface area (Å²) in [6, 6.07) is 9.95. The van der Waals surface area contributed by atoms with Crippen LogP contribution < -0.4 is 18.5 Å². The Kier molecular flexibility index (Phi) is 7.00. The Morgan fingerprint density at radius 3 is 2.29 bits per heavy atom. The molecule has 31 heavy (non-hydrogen) atoms. The highest BCUT2D eigenvalue weighted by atomic mass is 32.2. The van der Waals surface area contributed by atoms with Crippen LogP contribution in [0.25, 0.3) is 0 Å². The molecular weight excluding hydrogens is 440 g/mol. The highest BCUT2D eigenvalue weighted by molar-refractivity contribution is 7.92. The molecule has 170 valence electrons. The number of hydrogen-bond donors (Lipinski definition) is 1. The zero-order valence-corrected chi connectivity index (χ0v) is 19.6. The van der Waals surface area contributed by atoms with E-state index in [4.69, 9.17) is 9.47 Å². The number of rotatable bonds is 9. The summed E-state index contributed by atoms with van der Waals surface area (Å²) in [5, 5.41) is 0. The average Bonchev–Trinajstić information content (AvgIpc) is 2.72. The van der Waals surface area contributed by atoms with E-state index in [1.807, 2.05) is 6.92 Å². The second-order valence-corrected chi connectivity index (χ2v) is 11.2. The summed E-state index contributed by atoms with van der Waals surface area (Å²) in [7, 11) is -4.08. The van der Waals surface area contributed by atoms with Crippen molar-refractivity contribution in [2.75, 3.05) is 35.5 Å². The smallest absolute Gasteiger partial charge is 0.236 e. The van der Waals surface area contributed by atoms with Crippen LogP contribution in [0, 0.1) is 0 Å². The van der Waals surface area contributed by atoms with Crippen LogP contribution in [-0.4, -0.2) is 43.4 Å². The van der Waals surface area contributed by atoms with Gasteiger partial charge in [0.05, 0.1) is 31.4 Å². The third kappa shape index (κ3) is 5.62. The number of fused-ring (bicyclic) bond motifs is 1. The Labute approximate surface area is 184 Å². The lowest BCUT2D eigenvalue weighted by atomic mass is 10.0. The number of nitrogens with one attached hydrogen (secondary N) is 1. The van der Waals surface area contributed by atoms with E-state index in [9.17, 15) is 16.8 Å². The van der Waals surface area contributed by atoms with E-state index in [0.29, 0.717) is 54.2 Å². The quantitative estimate of drug-likeness (QED) is 0.607. The standard InChI is InChI=1S/C21H28N2O6S2/c1-4-10-31(26,27)23-9-5-6-17-13-18(7-8-21(17)23)22-30(24,25)15-16-11-19(28-2)14-20(12-16)29-3/h7-8,11-14,22H,4-6,9-10,15H2,1-3H3. The molecule has 8 nitrogen and oxygen atoms in total. The van der Waals surface area contributed by atoms with Crippen molar-refractivity contribution in [3.63, 3.8) is 0 Å². The molecule has 3 rings (SSSR count). The number of benzene rings is 2. The molecule has 0 atom stereocenters. The largest absolute Gasteiger partial charge is 0.497 e. The van der Waals surface area contributed by atoms with Crippen molar-refractivity contribution in [3.05, 3.63) is 47.5 Å². The highest BCUT2D eigenvalue weighted by Crippen LogP contribution is 2.32. The second kappa shape index (κ2) is 9.35. The van der Waals surface area contributed by atoms with Gasteiger partial charge in [-0.15, -0.1) is 0 Å². The minimum atomic E-state index is -3.71. The van der Waals surface area contributed by atoms with Gasteiger partial charge in [0, 0.05) is 18.3 Å². The fourth-order valence-corrected chi connectivity index (χ4v) is 6.45. The maximum absolute atomic E-state index is 12.7. The minimum Gasteiger partial charge on any atom is -0.497 e. The summed E-state index contributed by atoms with van der Waals surface area (Å²) in [5.74, 6) is 0.845. The maximum Gasteiger partial charge on any atom is 0.236 e. The van der Waals surface area contributed by atoms with Gasteiger partial charge in [0.2, 0.25) is 20.0 Å². The lowest BCUT2D eigenvalue weighted by Gasteiger charge is -2.30. The SMILES string of the molecule is CCCS(=O)(=O)N1CCCc2cc(NS(=O)(=O)Cc3cc(OC)cc(OC)c3)ccc21. The molecule has 1 N–H and O–H groups in total. The molecule has 0 amide bonds. The van der Waals surface area contributed by atoms with Crippen LogP contribution in [0.15, 0.2) is 36.4 Å². The first kappa shape index (κ1) is 23.2. The van der Waals surface area contributed by atoms with Gasteiger partial charge in [0.15, 0.2) is 0 Å². The summed E-state index contributed by atoms with van der Waals surface area (Å²) in [6.07, 6.45) is 1.92. The molecule has 2 aromatic carbocycles. The molecule has 0 unspecified atom stereocenters. The summed E-state index contributed by atoms with van der Waals surface area (Å²) in [5.41, 5.74) is 2.37. The van der Waals surface area contributed by atoms with E-state index in [2.05, 4.69) is 4.72 Å². The molecule has 0 spiro atoms. The molecule has 0 radical (unpaired) electrons. The summed E-state index contributed by atoms with van der Waals surface area (Å²) >= 11 is 0. The molecule has 0 bridgehead atoms. The van der Waals surface area contributed by atoms with Crippen LogP contribution in [0.5, 0.6) is 11.5 Å². The summed E-state index contributed by atoms with van der Waals surface area (Å²) in [4.78, 5) is 0. The van der Waals surface area contributed by atoms with Crippen molar-refractivity contribution >= 4 is 31.4 Å². The van der Waals surface area contributed by atoms with Gasteiger partial charge >= 0.3 is 0 Å². The van der Waals surface area contributed by atoms with E-state index in [1.54, 1.807) is 36.4 Å². The predicted molar refractivity (Wildman–Crippen MR) is 122 cm³/mol. The minimum absolute atomic E-state index is 0.0881. The number of methoxy groups -OCH3 is 2. The Balaban J connectivity index is 1.82. The van der Waals surface area contributed by atoms with Crippen LogP contribution >= 0.6 is 0 Å². The molecule has 0 saturated carbocycles. The van der Waals surface area contributed by atoms with E-state index >= 15 is 0 Å². The number of ether oxygens (including phenoxy) is 2. The molecule has 1 heterocycles. The average molecular weight is 469 g/mol. The third-order valence-corrected chi connectivity index (χ3v) is 8.23. The Bertz CT molecular complexity index is 1120. The van der Waals surface area contributed by atoms with Gasteiger partial charge in [-0.25, -0.2) is 16.8 Å². The number of nitrogens with zero attached hydrogens (tertiary/aromatic N) is 1. The van der Waals surface area contributed by atoms with Gasteiger partial charge in [-0.05, 0) is 60.7 Å². The molecule has 1 aliphatic rings. The molecular formula is C21H28N2O6S2. The highest BCUT2D eigenvalue weighted by Gasteiger charge is 2.27. The number of hydrogen-bond acceptors (Lipinski definition) is 6. The summed E-state index contributed by atoms with van der Waals surface area (Å²) < 4.78 is 65.1. The van der Waals surface area contributed by atoms with Crippen molar-refractivity contribution < 1.29 is 26.3 Å². The fourth-order valence-electron chi connectivity index (χ4n) is 3.67. The van der Waals surface area contributed by atoms with E-state index in [0.717, 1.165) is 5.56 Å². The predicted octanol–water partition coefficient (Wildman–Crippen LogP) is 3.14. The van der Waals surface area contributed by atoms with Crippen LogP contribution in [0.3, 0.4) is 0 Å². The van der Waals surface area contributed by atoms with Crippen LogP contribution in [0.4, 0.5) is 11.4 Å². The molecule has 0 aromatic heterocycles. The Hall–Kier alpha value is -2.46. The van der Waals surface area contributed by atoms with Crippen molar-refractivity contribution in [1.29, 1.82) is 0 Å². The first-order chi connectivity index (χ1) is 14.7. The monoisotopic (exact) mass is 468 g/mol. The first-order valence-electron chi connectivity index (χ1n) is 10.0. The Morgan fingerprint density at radius 2 is 1.68 bits per heavy atom. The lowest BCUT2D eigenvalue weighted by Crippen LogP contribution is -2.37. The zero-order valence-electron chi connectivity index (χ0n) is 17.9. The number of aryl methyl sites for hydroxylation is 1. The van der Waals surface area contributed by atoms with Gasteiger partial charge in [-0.2, -0.15) is 0 Å². The third-order valence-electron chi connectivity index (χ3n) is 4.99. The number of sulfonamides is 2. The fraction of sp³-hybridized carbons (Fsp3) is 0.429. The van der Waals surface area contributed by atoms with Crippen molar-refractivity contribution in [2.45, 2.75) is 31.9 Å². The second-order valence-electron chi connectivity index (χ2n) is 7.42. The topological polar surface area (TPSA) is 102 Å². The van der Waals surface area contributed by atoms with Gasteiger partial charge < -0.3 is 9.47 Å². The molecule has 1 aliphatic heterocycles. The van der Waals surface area contributed by atoms with Crippen LogP contribution in [0.1, 0.15) is 30.9 Å². The van der Waals surface area contributed by atoms with Crippen molar-refractivity contribution in [1.82, 2.24) is 0 Å². The molecule has 10 heteroatoms. The van der Waals surface area contributed by atoms with Gasteiger partial charge in [0.25, 0.3) is 0 Å². The Morgan fingerprint density at radius 1 is 1.00 bits per heavy atom. The van der Waals surface area contributed by atoms with Crippen molar-refractivity contribution in [3.8, 4) is 11.5 Å². The van der Waals surface area contributed by atoms with Crippen molar-refractivity contribution in [2.24, 2.45) is 0 Å². The van der Waals surface area contributed by atoms with Crippen LogP contribution in [-0.2, 0) is 32.2 Å². The number of anilines is 2. The van der Waals surface area contributed by atoms with E-state index in [-0.39, 0.29) is 11.5 Å². The maximum atomic E-state index is 12.7. The molecule has 2 aromatic rings. The molecule has 0 fully saturated rings. The van der Waals surface area contributed by atoms with Gasteiger partial charge in [0.1, 0.15) is 11.5 Å². The van der Waals surface area contributed by atoms with Gasteiger partial charge in [-0.3, -0.25) is 9.03 Å². The molecule has 0 aliphatic carbocycles. The first-order valence-corrected chi connectivity index (χ1v) is 13.3. The molecule has 0 saturated heterocycles. The van der Waals surface area contributed by atoms with E-state index < -0.39 is 20.0 Å². The van der Waals surface area contributed by atoms with E-state index in [1.165, 1.54) is 18.5 Å². The lowest BCUT2D eigenvalue weighted by molar-refractivity contribution is 0.393. The summed E-state index contributed by atoms with van der Waals surface area (Å²) in [6.45, 7) is 2.27. The normalized spacial score (nSPS) is 14.1.